The topological polar surface area (TPSA) is 83.8 Å². The fourth-order valence-electron chi connectivity index (χ4n) is 3.66. The van der Waals surface area contributed by atoms with Crippen molar-refractivity contribution in [3.63, 3.8) is 0 Å². The standard InChI is InChI=1S/C25H36O5S/c1-2-3-4-5-6-7-8-9-10-11-13-16-21-19-23(30-22-17-14-12-15-18-22)25(26)24(20-21)31(27,28)29/h12,14-15,17-20,26H,2-11,13,16H2,1H3,(H,27,28,29). The van der Waals surface area contributed by atoms with Crippen LogP contribution in [0.15, 0.2) is 47.4 Å². The number of unbranched alkanes of at least 4 members (excludes halogenated alkanes) is 10. The number of para-hydroxylation sites is 1. The van der Waals surface area contributed by atoms with Gasteiger partial charge in [-0.05, 0) is 42.7 Å². The summed E-state index contributed by atoms with van der Waals surface area (Å²) in [7, 11) is -4.55. The summed E-state index contributed by atoms with van der Waals surface area (Å²) in [5.41, 5.74) is 0.715. The van der Waals surface area contributed by atoms with Gasteiger partial charge in [-0.1, -0.05) is 89.3 Å². The molecule has 0 saturated carbocycles. The molecule has 0 amide bonds. The van der Waals surface area contributed by atoms with Gasteiger partial charge in [0.15, 0.2) is 11.5 Å². The summed E-state index contributed by atoms with van der Waals surface area (Å²) in [6, 6.07) is 11.8. The molecule has 0 bridgehead atoms. The highest BCUT2D eigenvalue weighted by molar-refractivity contribution is 7.86. The lowest BCUT2D eigenvalue weighted by molar-refractivity contribution is 0.395. The van der Waals surface area contributed by atoms with Crippen LogP contribution in [-0.4, -0.2) is 18.1 Å². The van der Waals surface area contributed by atoms with Crippen LogP contribution in [0, 0.1) is 0 Å². The Balaban J connectivity index is 1.86. The van der Waals surface area contributed by atoms with E-state index in [0.717, 1.165) is 19.3 Å². The Morgan fingerprint density at radius 2 is 1.35 bits per heavy atom. The minimum Gasteiger partial charge on any atom is -0.503 e. The number of hydrogen-bond donors (Lipinski definition) is 2. The van der Waals surface area contributed by atoms with Gasteiger partial charge in [-0.25, -0.2) is 0 Å². The fourth-order valence-corrected chi connectivity index (χ4v) is 4.31. The van der Waals surface area contributed by atoms with Gasteiger partial charge in [0.25, 0.3) is 10.1 Å². The Labute approximate surface area is 187 Å². The average Bonchev–Trinajstić information content (AvgIpc) is 2.74. The van der Waals surface area contributed by atoms with Crippen LogP contribution in [-0.2, 0) is 16.5 Å². The highest BCUT2D eigenvalue weighted by Crippen LogP contribution is 2.37. The van der Waals surface area contributed by atoms with Crippen LogP contribution >= 0.6 is 0 Å². The molecule has 2 aromatic rings. The lowest BCUT2D eigenvalue weighted by atomic mass is 10.0. The summed E-state index contributed by atoms with van der Waals surface area (Å²) in [6.07, 6.45) is 14.2. The van der Waals surface area contributed by atoms with E-state index in [0.29, 0.717) is 17.7 Å². The molecule has 2 aromatic carbocycles. The van der Waals surface area contributed by atoms with E-state index in [4.69, 9.17) is 4.74 Å². The Morgan fingerprint density at radius 1 is 0.806 bits per heavy atom. The second-order valence-electron chi connectivity index (χ2n) is 8.12. The number of benzene rings is 2. The zero-order valence-electron chi connectivity index (χ0n) is 18.6. The number of hydrogen-bond acceptors (Lipinski definition) is 4. The number of phenolic OH excluding ortho intramolecular Hbond substituents is 1. The van der Waals surface area contributed by atoms with Crippen molar-refractivity contribution in [2.24, 2.45) is 0 Å². The largest absolute Gasteiger partial charge is 0.503 e. The Morgan fingerprint density at radius 3 is 1.90 bits per heavy atom. The van der Waals surface area contributed by atoms with Crippen molar-refractivity contribution in [2.75, 3.05) is 0 Å². The van der Waals surface area contributed by atoms with E-state index in [1.54, 1.807) is 30.3 Å². The lowest BCUT2D eigenvalue weighted by Crippen LogP contribution is -2.02. The van der Waals surface area contributed by atoms with Crippen molar-refractivity contribution in [3.05, 3.63) is 48.0 Å². The van der Waals surface area contributed by atoms with Gasteiger partial charge >= 0.3 is 0 Å². The van der Waals surface area contributed by atoms with Gasteiger partial charge in [0.05, 0.1) is 0 Å². The van der Waals surface area contributed by atoms with E-state index >= 15 is 0 Å². The molecule has 0 fully saturated rings. The van der Waals surface area contributed by atoms with E-state index in [1.165, 1.54) is 57.4 Å². The number of aromatic hydroxyl groups is 1. The summed E-state index contributed by atoms with van der Waals surface area (Å²) in [5.74, 6) is -0.0700. The third-order valence-corrected chi connectivity index (χ3v) is 6.28. The molecule has 6 heteroatoms. The Bertz CT molecular complexity index is 878. The molecule has 0 radical (unpaired) electrons. The molecule has 0 heterocycles. The van der Waals surface area contributed by atoms with Crippen molar-refractivity contribution in [1.82, 2.24) is 0 Å². The first-order chi connectivity index (χ1) is 14.9. The molecule has 0 saturated heterocycles. The smallest absolute Gasteiger partial charge is 0.298 e. The van der Waals surface area contributed by atoms with E-state index in [1.807, 2.05) is 6.07 Å². The molecule has 5 nitrogen and oxygen atoms in total. The summed E-state index contributed by atoms with van der Waals surface area (Å²) in [4.78, 5) is -0.515. The Hall–Kier alpha value is -2.05. The minimum absolute atomic E-state index is 0.0272. The van der Waals surface area contributed by atoms with Gasteiger partial charge < -0.3 is 9.84 Å². The number of rotatable bonds is 15. The van der Waals surface area contributed by atoms with E-state index in [9.17, 15) is 18.1 Å². The maximum Gasteiger partial charge on any atom is 0.298 e. The summed E-state index contributed by atoms with van der Waals surface area (Å²) in [6.45, 7) is 2.23. The van der Waals surface area contributed by atoms with Crippen molar-refractivity contribution in [2.45, 2.75) is 88.9 Å². The summed E-state index contributed by atoms with van der Waals surface area (Å²) in [5, 5.41) is 10.3. The molecule has 0 atom stereocenters. The quantitative estimate of drug-likeness (QED) is 0.221. The van der Waals surface area contributed by atoms with Gasteiger partial charge in [0, 0.05) is 0 Å². The van der Waals surface area contributed by atoms with Crippen LogP contribution in [0.2, 0.25) is 0 Å². The highest BCUT2D eigenvalue weighted by atomic mass is 32.2. The first-order valence-corrected chi connectivity index (χ1v) is 12.9. The first kappa shape index (κ1) is 25.2. The molecule has 0 aliphatic rings. The zero-order valence-corrected chi connectivity index (χ0v) is 19.4. The number of ether oxygens (including phenoxy) is 1. The van der Waals surface area contributed by atoms with Crippen LogP contribution in [0.4, 0.5) is 0 Å². The van der Waals surface area contributed by atoms with Gasteiger partial charge in [-0.2, -0.15) is 8.42 Å². The van der Waals surface area contributed by atoms with Gasteiger partial charge in [0.2, 0.25) is 0 Å². The van der Waals surface area contributed by atoms with Crippen molar-refractivity contribution < 1.29 is 22.8 Å². The SMILES string of the molecule is CCCCCCCCCCCCCc1cc(Oc2ccccc2)c(O)c(S(=O)(=O)O)c1. The molecule has 172 valence electrons. The summed E-state index contributed by atoms with van der Waals surface area (Å²) >= 11 is 0. The molecule has 0 spiro atoms. The maximum absolute atomic E-state index is 11.7. The molecule has 0 unspecified atom stereocenters. The van der Waals surface area contributed by atoms with Gasteiger partial charge in [-0.15, -0.1) is 0 Å². The summed E-state index contributed by atoms with van der Waals surface area (Å²) < 4.78 is 38.6. The second kappa shape index (κ2) is 13.4. The lowest BCUT2D eigenvalue weighted by Gasteiger charge is -2.13. The third kappa shape index (κ3) is 9.32. The molecule has 0 aliphatic heterocycles. The molecular formula is C25H36O5S. The van der Waals surface area contributed by atoms with Gasteiger partial charge in [0.1, 0.15) is 10.6 Å². The van der Waals surface area contributed by atoms with E-state index in [-0.39, 0.29) is 5.75 Å². The molecule has 2 N–H and O–H groups in total. The van der Waals surface area contributed by atoms with Crippen molar-refractivity contribution in [3.8, 4) is 17.2 Å². The van der Waals surface area contributed by atoms with Crippen LogP contribution in [0.1, 0.15) is 83.1 Å². The average molecular weight is 449 g/mol. The monoisotopic (exact) mass is 448 g/mol. The van der Waals surface area contributed by atoms with Gasteiger partial charge in [-0.3, -0.25) is 4.55 Å². The van der Waals surface area contributed by atoms with Crippen LogP contribution in [0.3, 0.4) is 0 Å². The maximum atomic E-state index is 11.7. The number of aryl methyl sites for hydroxylation is 1. The predicted octanol–water partition coefficient (Wildman–Crippen LogP) is 7.28. The first-order valence-electron chi connectivity index (χ1n) is 11.5. The van der Waals surface area contributed by atoms with Crippen LogP contribution < -0.4 is 4.74 Å². The Kier molecular flexibility index (Phi) is 10.9. The van der Waals surface area contributed by atoms with Crippen molar-refractivity contribution in [1.29, 1.82) is 0 Å². The van der Waals surface area contributed by atoms with E-state index < -0.39 is 20.8 Å². The zero-order chi connectivity index (χ0) is 22.5. The molecule has 0 aliphatic carbocycles. The normalized spacial score (nSPS) is 11.5. The second-order valence-corrected chi connectivity index (χ2v) is 9.51. The fraction of sp³-hybridized carbons (Fsp3) is 0.520. The third-order valence-electron chi connectivity index (χ3n) is 5.42. The van der Waals surface area contributed by atoms with Crippen molar-refractivity contribution >= 4 is 10.1 Å². The van der Waals surface area contributed by atoms with Crippen LogP contribution in [0.25, 0.3) is 0 Å². The molecule has 2 rings (SSSR count). The predicted molar refractivity (Wildman–Crippen MR) is 125 cm³/mol. The molecular weight excluding hydrogens is 412 g/mol. The minimum atomic E-state index is -4.55. The molecule has 0 aromatic heterocycles. The van der Waals surface area contributed by atoms with E-state index in [2.05, 4.69) is 6.92 Å². The van der Waals surface area contributed by atoms with Crippen LogP contribution in [0.5, 0.6) is 17.2 Å². The molecule has 31 heavy (non-hydrogen) atoms. The highest BCUT2D eigenvalue weighted by Gasteiger charge is 2.21. The number of phenols is 1.